The second kappa shape index (κ2) is 10.8. The highest BCUT2D eigenvalue weighted by atomic mass is 32.2. The second-order valence-corrected chi connectivity index (χ2v) is 10.3. The highest BCUT2D eigenvalue weighted by Crippen LogP contribution is 2.40. The summed E-state index contributed by atoms with van der Waals surface area (Å²) in [5.41, 5.74) is 7.36. The van der Waals surface area contributed by atoms with Crippen LogP contribution in [0.2, 0.25) is 0 Å². The van der Waals surface area contributed by atoms with Gasteiger partial charge in [-0.05, 0) is 79.8 Å². The number of carbonyl (C=O) groups excluding carboxylic acids is 2. The van der Waals surface area contributed by atoms with Crippen LogP contribution in [-0.4, -0.2) is 47.2 Å². The summed E-state index contributed by atoms with van der Waals surface area (Å²) in [5.74, 6) is -0.324. The van der Waals surface area contributed by atoms with Gasteiger partial charge < -0.3 is 21.3 Å². The number of amides is 2. The first-order chi connectivity index (χ1) is 17.9. The number of anilines is 3. The molecule has 1 atom stereocenters. The SMILES string of the molecule is CSc1ccc(Nc2nc(N3CCC[C@@H](NC(=O)c4ccc(C5CC5)cc4F)C3)cnc2C(N)=O)cc1. The molecule has 1 aliphatic carbocycles. The number of hydrogen-bond donors (Lipinski definition) is 3. The molecule has 1 aromatic heterocycles. The number of benzene rings is 2. The van der Waals surface area contributed by atoms with Gasteiger partial charge in [0.1, 0.15) is 11.6 Å². The Morgan fingerprint density at radius 2 is 1.92 bits per heavy atom. The van der Waals surface area contributed by atoms with E-state index in [9.17, 15) is 14.0 Å². The van der Waals surface area contributed by atoms with Crippen LogP contribution in [-0.2, 0) is 0 Å². The number of nitrogens with one attached hydrogen (secondary N) is 2. The van der Waals surface area contributed by atoms with Crippen LogP contribution in [0, 0.1) is 5.82 Å². The monoisotopic (exact) mass is 520 g/mol. The van der Waals surface area contributed by atoms with Gasteiger partial charge in [-0.1, -0.05) is 6.07 Å². The lowest BCUT2D eigenvalue weighted by atomic mass is 10.0. The van der Waals surface area contributed by atoms with Crippen molar-refractivity contribution in [1.82, 2.24) is 15.3 Å². The molecule has 8 nitrogen and oxygen atoms in total. The highest BCUT2D eigenvalue weighted by molar-refractivity contribution is 7.98. The molecule has 2 fully saturated rings. The number of aromatic nitrogens is 2. The van der Waals surface area contributed by atoms with E-state index in [-0.39, 0.29) is 23.1 Å². The van der Waals surface area contributed by atoms with Gasteiger partial charge in [-0.15, -0.1) is 11.8 Å². The van der Waals surface area contributed by atoms with Crippen LogP contribution in [0.5, 0.6) is 0 Å². The number of piperidine rings is 1. The van der Waals surface area contributed by atoms with Gasteiger partial charge in [0.25, 0.3) is 11.8 Å². The smallest absolute Gasteiger partial charge is 0.271 e. The normalized spacial score (nSPS) is 17.4. The molecule has 1 saturated heterocycles. The average molecular weight is 521 g/mol. The van der Waals surface area contributed by atoms with Crippen LogP contribution >= 0.6 is 11.8 Å². The fraction of sp³-hybridized carbons (Fsp3) is 0.333. The first-order valence-corrected chi connectivity index (χ1v) is 13.6. The minimum atomic E-state index is -0.680. The van der Waals surface area contributed by atoms with Crippen molar-refractivity contribution in [1.29, 1.82) is 0 Å². The van der Waals surface area contributed by atoms with Gasteiger partial charge in [0, 0.05) is 29.7 Å². The van der Waals surface area contributed by atoms with E-state index >= 15 is 0 Å². The maximum Gasteiger partial charge on any atom is 0.271 e. The minimum Gasteiger partial charge on any atom is -0.364 e. The Hall–Kier alpha value is -3.66. The molecule has 37 heavy (non-hydrogen) atoms. The van der Waals surface area contributed by atoms with Crippen molar-refractivity contribution in [3.05, 3.63) is 71.3 Å². The predicted octanol–water partition coefficient (Wildman–Crippen LogP) is 4.46. The van der Waals surface area contributed by atoms with Crippen molar-refractivity contribution in [3.63, 3.8) is 0 Å². The quantitative estimate of drug-likeness (QED) is 0.376. The molecule has 1 aliphatic heterocycles. The molecule has 4 N–H and O–H groups in total. The number of nitrogens with two attached hydrogens (primary N) is 1. The summed E-state index contributed by atoms with van der Waals surface area (Å²) >= 11 is 1.63. The molecule has 0 spiro atoms. The largest absolute Gasteiger partial charge is 0.364 e. The third kappa shape index (κ3) is 5.85. The number of nitrogens with zero attached hydrogens (tertiary/aromatic N) is 3. The fourth-order valence-corrected chi connectivity index (χ4v) is 4.97. The average Bonchev–Trinajstić information content (AvgIpc) is 3.75. The van der Waals surface area contributed by atoms with Crippen LogP contribution in [0.4, 0.5) is 21.7 Å². The summed E-state index contributed by atoms with van der Waals surface area (Å²) in [7, 11) is 0. The zero-order valence-electron chi connectivity index (χ0n) is 20.5. The maximum absolute atomic E-state index is 14.6. The highest BCUT2D eigenvalue weighted by Gasteiger charge is 2.27. The van der Waals surface area contributed by atoms with Crippen LogP contribution in [0.25, 0.3) is 0 Å². The summed E-state index contributed by atoms with van der Waals surface area (Å²) in [5, 5.41) is 6.13. The number of hydrogen-bond acceptors (Lipinski definition) is 7. The van der Waals surface area contributed by atoms with E-state index < -0.39 is 17.6 Å². The summed E-state index contributed by atoms with van der Waals surface area (Å²) in [6, 6.07) is 12.5. The first kappa shape index (κ1) is 25.0. The third-order valence-corrected chi connectivity index (χ3v) is 7.46. The molecule has 2 heterocycles. The van der Waals surface area contributed by atoms with Crippen molar-refractivity contribution in [3.8, 4) is 0 Å². The molecule has 5 rings (SSSR count). The van der Waals surface area contributed by atoms with E-state index in [4.69, 9.17) is 5.73 Å². The molecule has 3 aromatic rings. The third-order valence-electron chi connectivity index (χ3n) is 6.71. The van der Waals surface area contributed by atoms with Gasteiger partial charge in [0.2, 0.25) is 0 Å². The maximum atomic E-state index is 14.6. The van der Waals surface area contributed by atoms with E-state index in [2.05, 4.69) is 20.6 Å². The fourth-order valence-electron chi connectivity index (χ4n) is 4.56. The van der Waals surface area contributed by atoms with E-state index in [1.807, 2.05) is 41.5 Å². The van der Waals surface area contributed by atoms with Crippen LogP contribution in [0.15, 0.2) is 53.6 Å². The molecular formula is C27H29FN6O2S. The molecule has 2 aliphatic rings. The number of thioether (sulfide) groups is 1. The number of rotatable bonds is 8. The van der Waals surface area contributed by atoms with Gasteiger partial charge in [0.05, 0.1) is 11.8 Å². The lowest BCUT2D eigenvalue weighted by Gasteiger charge is -2.34. The zero-order chi connectivity index (χ0) is 25.9. The van der Waals surface area contributed by atoms with Crippen LogP contribution in [0.1, 0.15) is 58.0 Å². The molecular weight excluding hydrogens is 491 g/mol. The zero-order valence-corrected chi connectivity index (χ0v) is 21.4. The molecule has 2 amide bonds. The van der Waals surface area contributed by atoms with Crippen LogP contribution in [0.3, 0.4) is 0 Å². The lowest BCUT2D eigenvalue weighted by Crippen LogP contribution is -2.48. The Labute approximate surface area is 219 Å². The predicted molar refractivity (Wildman–Crippen MR) is 143 cm³/mol. The lowest BCUT2D eigenvalue weighted by molar-refractivity contribution is 0.0927. The molecule has 0 radical (unpaired) electrons. The van der Waals surface area contributed by atoms with Crippen molar-refractivity contribution >= 4 is 40.9 Å². The van der Waals surface area contributed by atoms with Crippen LogP contribution < -0.4 is 21.3 Å². The number of halogens is 1. The Bertz CT molecular complexity index is 1310. The van der Waals surface area contributed by atoms with Crippen molar-refractivity contribution in [2.45, 2.75) is 42.5 Å². The molecule has 0 unspecified atom stereocenters. The summed E-state index contributed by atoms with van der Waals surface area (Å²) in [4.78, 5) is 36.9. The van der Waals surface area contributed by atoms with E-state index in [1.165, 1.54) is 12.3 Å². The van der Waals surface area contributed by atoms with Crippen molar-refractivity contribution < 1.29 is 14.0 Å². The van der Waals surface area contributed by atoms with E-state index in [1.54, 1.807) is 17.8 Å². The summed E-state index contributed by atoms with van der Waals surface area (Å²) in [6.45, 7) is 1.20. The Kier molecular flexibility index (Phi) is 7.27. The van der Waals surface area contributed by atoms with Gasteiger partial charge >= 0.3 is 0 Å². The molecule has 1 saturated carbocycles. The number of primary amides is 1. The van der Waals surface area contributed by atoms with Gasteiger partial charge in [-0.2, -0.15) is 0 Å². The Morgan fingerprint density at radius 3 is 2.59 bits per heavy atom. The van der Waals surface area contributed by atoms with Crippen molar-refractivity contribution in [2.24, 2.45) is 5.73 Å². The van der Waals surface area contributed by atoms with E-state index in [0.29, 0.717) is 24.8 Å². The molecule has 2 aromatic carbocycles. The minimum absolute atomic E-state index is 0.0460. The number of carbonyl (C=O) groups is 2. The van der Waals surface area contributed by atoms with Gasteiger partial charge in [-0.25, -0.2) is 14.4 Å². The first-order valence-electron chi connectivity index (χ1n) is 12.3. The molecule has 192 valence electrons. The topological polar surface area (TPSA) is 113 Å². The second-order valence-electron chi connectivity index (χ2n) is 9.42. The Balaban J connectivity index is 1.29. The molecule has 10 heteroatoms. The van der Waals surface area contributed by atoms with Crippen molar-refractivity contribution in [2.75, 3.05) is 29.6 Å². The van der Waals surface area contributed by atoms with Gasteiger partial charge in [-0.3, -0.25) is 9.59 Å². The standard InChI is InChI=1S/C27H29FN6O2S/c1-37-20-9-7-18(8-10-20)31-26-24(25(29)35)30-14-23(33-26)34-12-2-3-19(15-34)32-27(36)21-11-6-17(13-22(21)28)16-4-5-16/h6-11,13-14,16,19H,2-5,12,15H2,1H3,(H2,29,35)(H,31,33)(H,32,36)/t19-/m1/s1. The summed E-state index contributed by atoms with van der Waals surface area (Å²) in [6.07, 6.45) is 7.25. The molecule has 0 bridgehead atoms. The Morgan fingerprint density at radius 1 is 1.14 bits per heavy atom. The van der Waals surface area contributed by atoms with Gasteiger partial charge in [0.15, 0.2) is 11.5 Å². The van der Waals surface area contributed by atoms with E-state index in [0.717, 1.165) is 41.8 Å². The summed E-state index contributed by atoms with van der Waals surface area (Å²) < 4.78 is 14.6.